The van der Waals surface area contributed by atoms with Crippen molar-refractivity contribution in [3.8, 4) is 11.8 Å². The van der Waals surface area contributed by atoms with E-state index in [4.69, 9.17) is 0 Å². The second kappa shape index (κ2) is 2.63. The van der Waals surface area contributed by atoms with Gasteiger partial charge in [-0.25, -0.2) is 0 Å². The predicted octanol–water partition coefficient (Wildman–Crippen LogP) is 1.61. The van der Waals surface area contributed by atoms with E-state index in [9.17, 15) is 0 Å². The predicted molar refractivity (Wildman–Crippen MR) is 44.2 cm³/mol. The van der Waals surface area contributed by atoms with Gasteiger partial charge in [0.05, 0.1) is 0 Å². The SMILES string of the molecule is Cc1nnc(C#CC2CC2)s1. The van der Waals surface area contributed by atoms with Crippen LogP contribution in [0.1, 0.15) is 22.9 Å². The molecule has 1 aliphatic carbocycles. The van der Waals surface area contributed by atoms with Crippen molar-refractivity contribution in [3.63, 3.8) is 0 Å². The summed E-state index contributed by atoms with van der Waals surface area (Å²) < 4.78 is 0. The van der Waals surface area contributed by atoms with Crippen LogP contribution in [0.4, 0.5) is 0 Å². The average molecular weight is 164 g/mol. The van der Waals surface area contributed by atoms with Crippen LogP contribution < -0.4 is 0 Å². The quantitative estimate of drug-likeness (QED) is 0.544. The van der Waals surface area contributed by atoms with Crippen molar-refractivity contribution in [2.75, 3.05) is 0 Å². The summed E-state index contributed by atoms with van der Waals surface area (Å²) >= 11 is 1.56. The van der Waals surface area contributed by atoms with Crippen molar-refractivity contribution in [2.45, 2.75) is 19.8 Å². The Hall–Kier alpha value is -0.880. The molecular formula is C8H8N2S. The lowest BCUT2D eigenvalue weighted by atomic mass is 10.4. The molecule has 1 fully saturated rings. The van der Waals surface area contributed by atoms with Crippen LogP contribution in [-0.4, -0.2) is 10.2 Å². The van der Waals surface area contributed by atoms with Gasteiger partial charge >= 0.3 is 0 Å². The van der Waals surface area contributed by atoms with Gasteiger partial charge in [-0.2, -0.15) is 0 Å². The van der Waals surface area contributed by atoms with Crippen LogP contribution in [0.2, 0.25) is 0 Å². The number of nitrogens with zero attached hydrogens (tertiary/aromatic N) is 2. The molecule has 0 aliphatic heterocycles. The summed E-state index contributed by atoms with van der Waals surface area (Å²) in [6, 6.07) is 0. The van der Waals surface area contributed by atoms with Gasteiger partial charge in [0.25, 0.3) is 0 Å². The Morgan fingerprint density at radius 3 is 2.82 bits per heavy atom. The Bertz CT molecular complexity index is 314. The van der Waals surface area contributed by atoms with E-state index in [1.807, 2.05) is 6.92 Å². The van der Waals surface area contributed by atoms with Gasteiger partial charge in [-0.05, 0) is 25.7 Å². The van der Waals surface area contributed by atoms with E-state index in [0.29, 0.717) is 5.92 Å². The molecule has 1 aromatic heterocycles. The maximum absolute atomic E-state index is 3.91. The van der Waals surface area contributed by atoms with Crippen LogP contribution in [0, 0.1) is 24.7 Å². The van der Waals surface area contributed by atoms with Crippen LogP contribution in [-0.2, 0) is 0 Å². The van der Waals surface area contributed by atoms with E-state index in [1.165, 1.54) is 12.8 Å². The molecule has 56 valence electrons. The standard InChI is InChI=1S/C8H8N2S/c1-6-9-10-8(11-6)5-4-7-2-3-7/h7H,2-3H2,1H3. The molecule has 0 bridgehead atoms. The molecular weight excluding hydrogens is 156 g/mol. The molecule has 2 nitrogen and oxygen atoms in total. The van der Waals surface area contributed by atoms with Gasteiger partial charge in [-0.3, -0.25) is 0 Å². The fraction of sp³-hybridized carbons (Fsp3) is 0.500. The third kappa shape index (κ3) is 1.78. The molecule has 0 N–H and O–H groups in total. The van der Waals surface area contributed by atoms with Crippen molar-refractivity contribution in [3.05, 3.63) is 10.0 Å². The summed E-state index contributed by atoms with van der Waals surface area (Å²) in [5.74, 6) is 6.82. The van der Waals surface area contributed by atoms with Crippen molar-refractivity contribution in [1.29, 1.82) is 0 Å². The monoisotopic (exact) mass is 164 g/mol. The lowest BCUT2D eigenvalue weighted by Gasteiger charge is -1.72. The molecule has 11 heavy (non-hydrogen) atoms. The summed E-state index contributed by atoms with van der Waals surface area (Å²) in [5.41, 5.74) is 0. The Kier molecular flexibility index (Phi) is 1.63. The smallest absolute Gasteiger partial charge is 0.143 e. The second-order valence-corrected chi connectivity index (χ2v) is 3.85. The van der Waals surface area contributed by atoms with E-state index in [0.717, 1.165) is 10.0 Å². The van der Waals surface area contributed by atoms with Crippen molar-refractivity contribution in [1.82, 2.24) is 10.2 Å². The number of rotatable bonds is 0. The molecule has 1 saturated carbocycles. The minimum Gasteiger partial charge on any atom is -0.143 e. The molecule has 0 unspecified atom stereocenters. The van der Waals surface area contributed by atoms with Crippen LogP contribution in [0.15, 0.2) is 0 Å². The highest BCUT2D eigenvalue weighted by molar-refractivity contribution is 7.11. The first-order valence-corrected chi connectivity index (χ1v) is 4.48. The van der Waals surface area contributed by atoms with E-state index >= 15 is 0 Å². The third-order valence-electron chi connectivity index (χ3n) is 1.49. The molecule has 0 atom stereocenters. The molecule has 3 heteroatoms. The Balaban J connectivity index is 2.12. The van der Waals surface area contributed by atoms with Gasteiger partial charge in [0.15, 0.2) is 5.01 Å². The van der Waals surface area contributed by atoms with Crippen molar-refractivity contribution in [2.24, 2.45) is 5.92 Å². The number of aromatic nitrogens is 2. The van der Waals surface area contributed by atoms with Gasteiger partial charge < -0.3 is 0 Å². The molecule has 0 spiro atoms. The number of hydrogen-bond donors (Lipinski definition) is 0. The highest BCUT2D eigenvalue weighted by Crippen LogP contribution is 2.27. The fourth-order valence-corrected chi connectivity index (χ4v) is 1.29. The van der Waals surface area contributed by atoms with E-state index in [-0.39, 0.29) is 0 Å². The summed E-state index contributed by atoms with van der Waals surface area (Å²) in [5, 5.41) is 9.64. The normalized spacial score (nSPS) is 15.7. The second-order valence-electron chi connectivity index (χ2n) is 2.67. The van der Waals surface area contributed by atoms with Gasteiger partial charge in [0.1, 0.15) is 5.01 Å². The lowest BCUT2D eigenvalue weighted by Crippen LogP contribution is -1.72. The number of hydrogen-bond acceptors (Lipinski definition) is 3. The van der Waals surface area contributed by atoms with Crippen LogP contribution in [0.5, 0.6) is 0 Å². The molecule has 0 radical (unpaired) electrons. The zero-order valence-corrected chi connectivity index (χ0v) is 7.11. The van der Waals surface area contributed by atoms with Crippen molar-refractivity contribution < 1.29 is 0 Å². The molecule has 0 amide bonds. The van der Waals surface area contributed by atoms with Crippen LogP contribution in [0.3, 0.4) is 0 Å². The zero-order chi connectivity index (χ0) is 7.68. The van der Waals surface area contributed by atoms with Gasteiger partial charge in [0.2, 0.25) is 0 Å². The fourth-order valence-electron chi connectivity index (χ4n) is 0.739. The maximum atomic E-state index is 3.91. The van der Waals surface area contributed by atoms with Gasteiger partial charge in [-0.1, -0.05) is 17.3 Å². The van der Waals surface area contributed by atoms with Gasteiger partial charge in [-0.15, -0.1) is 10.2 Å². The first-order chi connectivity index (χ1) is 5.34. The molecule has 0 saturated heterocycles. The van der Waals surface area contributed by atoms with Crippen LogP contribution >= 0.6 is 11.3 Å². The topological polar surface area (TPSA) is 25.8 Å². The van der Waals surface area contributed by atoms with Gasteiger partial charge in [0, 0.05) is 5.92 Å². The first-order valence-electron chi connectivity index (χ1n) is 3.66. The molecule has 2 rings (SSSR count). The molecule has 0 aromatic carbocycles. The summed E-state index contributed by atoms with van der Waals surface area (Å²) in [6.07, 6.45) is 2.54. The average Bonchev–Trinajstić information content (AvgIpc) is 2.72. The zero-order valence-electron chi connectivity index (χ0n) is 6.29. The summed E-state index contributed by atoms with van der Waals surface area (Å²) in [6.45, 7) is 1.94. The van der Waals surface area contributed by atoms with E-state index < -0.39 is 0 Å². The highest BCUT2D eigenvalue weighted by atomic mass is 32.1. The first kappa shape index (κ1) is 6.81. The summed E-state index contributed by atoms with van der Waals surface area (Å²) in [4.78, 5) is 0. The van der Waals surface area contributed by atoms with Crippen molar-refractivity contribution >= 4 is 11.3 Å². The molecule has 1 heterocycles. The lowest BCUT2D eigenvalue weighted by molar-refractivity contribution is 1.04. The highest BCUT2D eigenvalue weighted by Gasteiger charge is 2.17. The maximum Gasteiger partial charge on any atom is 0.191 e. The largest absolute Gasteiger partial charge is 0.191 e. The van der Waals surface area contributed by atoms with E-state index in [2.05, 4.69) is 22.0 Å². The molecule has 1 aliphatic rings. The Morgan fingerprint density at radius 1 is 1.45 bits per heavy atom. The van der Waals surface area contributed by atoms with E-state index in [1.54, 1.807) is 11.3 Å². The summed E-state index contributed by atoms with van der Waals surface area (Å²) in [7, 11) is 0. The molecule has 1 aromatic rings. The Labute approximate surface area is 69.7 Å². The number of aryl methyl sites for hydroxylation is 1. The van der Waals surface area contributed by atoms with Crippen LogP contribution in [0.25, 0.3) is 0 Å². The minimum absolute atomic E-state index is 0.652. The Morgan fingerprint density at radius 2 is 2.27 bits per heavy atom. The minimum atomic E-state index is 0.652. The third-order valence-corrected chi connectivity index (χ3v) is 2.24.